The Kier molecular flexibility index (Phi) is 4.36. The maximum atomic E-state index is 12.0. The summed E-state index contributed by atoms with van der Waals surface area (Å²) in [6.45, 7) is 5.67. The van der Waals surface area contributed by atoms with Gasteiger partial charge in [0.2, 0.25) is 0 Å². The fourth-order valence-electron chi connectivity index (χ4n) is 2.29. The summed E-state index contributed by atoms with van der Waals surface area (Å²) < 4.78 is 5.30. The lowest BCUT2D eigenvalue weighted by Gasteiger charge is -2.47. The number of likely N-dealkylation sites (tertiary alicyclic amines) is 1. The largest absolute Gasteiger partial charge is 0.480 e. The number of nitrogens with zero attached hydrogens (tertiary/aromatic N) is 1. The number of nitrogens with two attached hydrogens (primary N) is 1. The minimum Gasteiger partial charge on any atom is -0.480 e. The SMILES string of the molecule is CC(C)(C)OC(=O)[C@H]1CN([C@H](C(=O)O)c2cccs2)[C@H]1N. The van der Waals surface area contributed by atoms with Gasteiger partial charge in [0, 0.05) is 11.4 Å². The minimum atomic E-state index is -0.962. The third kappa shape index (κ3) is 3.42. The number of carboxylic acid groups (broad SMARTS) is 1. The summed E-state index contributed by atoms with van der Waals surface area (Å²) in [4.78, 5) is 25.8. The molecule has 0 radical (unpaired) electrons. The lowest BCUT2D eigenvalue weighted by molar-refractivity contribution is -0.176. The fourth-order valence-corrected chi connectivity index (χ4v) is 3.13. The number of carboxylic acids is 1. The van der Waals surface area contributed by atoms with Crippen LogP contribution in [0.25, 0.3) is 0 Å². The van der Waals surface area contributed by atoms with Gasteiger partial charge in [-0.1, -0.05) is 6.07 Å². The molecular formula is C14H20N2O4S. The molecule has 0 bridgehead atoms. The first-order valence-corrected chi connectivity index (χ1v) is 7.59. The van der Waals surface area contributed by atoms with Gasteiger partial charge in [0.1, 0.15) is 11.6 Å². The van der Waals surface area contributed by atoms with Crippen LogP contribution in [0.2, 0.25) is 0 Å². The Morgan fingerprint density at radius 1 is 1.52 bits per heavy atom. The minimum absolute atomic E-state index is 0.297. The molecule has 116 valence electrons. The number of hydrogen-bond donors (Lipinski definition) is 2. The van der Waals surface area contributed by atoms with Gasteiger partial charge in [-0.2, -0.15) is 0 Å². The van der Waals surface area contributed by atoms with Crippen LogP contribution in [0.5, 0.6) is 0 Å². The van der Waals surface area contributed by atoms with Crippen LogP contribution < -0.4 is 5.73 Å². The summed E-state index contributed by atoms with van der Waals surface area (Å²) in [5.74, 6) is -1.82. The van der Waals surface area contributed by atoms with E-state index in [1.165, 1.54) is 11.3 Å². The van der Waals surface area contributed by atoms with E-state index in [-0.39, 0.29) is 5.97 Å². The maximum absolute atomic E-state index is 12.0. The predicted octanol–water partition coefficient (Wildman–Crippen LogP) is 1.43. The van der Waals surface area contributed by atoms with E-state index in [2.05, 4.69) is 0 Å². The molecule has 3 atom stereocenters. The number of carbonyl (C=O) groups excluding carboxylic acids is 1. The van der Waals surface area contributed by atoms with Crippen LogP contribution >= 0.6 is 11.3 Å². The molecule has 1 aromatic heterocycles. The second kappa shape index (κ2) is 5.75. The number of hydrogen-bond acceptors (Lipinski definition) is 6. The van der Waals surface area contributed by atoms with Crippen molar-refractivity contribution in [2.45, 2.75) is 38.6 Å². The van der Waals surface area contributed by atoms with E-state index in [9.17, 15) is 14.7 Å². The quantitative estimate of drug-likeness (QED) is 0.817. The molecule has 2 rings (SSSR count). The molecule has 1 aromatic rings. The van der Waals surface area contributed by atoms with E-state index in [4.69, 9.17) is 10.5 Å². The summed E-state index contributed by atoms with van der Waals surface area (Å²) in [7, 11) is 0. The number of rotatable bonds is 4. The number of thiophene rings is 1. The van der Waals surface area contributed by atoms with Gasteiger partial charge < -0.3 is 15.6 Å². The number of ether oxygens (including phenoxy) is 1. The third-order valence-electron chi connectivity index (χ3n) is 3.29. The van der Waals surface area contributed by atoms with Crippen LogP contribution in [0.15, 0.2) is 17.5 Å². The van der Waals surface area contributed by atoms with E-state index in [0.29, 0.717) is 11.4 Å². The third-order valence-corrected chi connectivity index (χ3v) is 4.22. The highest BCUT2D eigenvalue weighted by atomic mass is 32.1. The summed E-state index contributed by atoms with van der Waals surface area (Å²) in [6, 6.07) is 2.75. The highest BCUT2D eigenvalue weighted by Gasteiger charge is 2.48. The average molecular weight is 312 g/mol. The smallest absolute Gasteiger partial charge is 0.326 e. The van der Waals surface area contributed by atoms with Gasteiger partial charge in [0.05, 0.1) is 12.1 Å². The van der Waals surface area contributed by atoms with Crippen LogP contribution in [-0.4, -0.2) is 40.3 Å². The van der Waals surface area contributed by atoms with Crippen molar-refractivity contribution in [1.82, 2.24) is 4.90 Å². The van der Waals surface area contributed by atoms with Gasteiger partial charge in [-0.15, -0.1) is 11.3 Å². The number of esters is 1. The first kappa shape index (κ1) is 15.9. The van der Waals surface area contributed by atoms with Crippen molar-refractivity contribution in [2.75, 3.05) is 6.54 Å². The van der Waals surface area contributed by atoms with Crippen molar-refractivity contribution >= 4 is 23.3 Å². The number of carbonyl (C=O) groups is 2. The molecule has 1 aliphatic rings. The van der Waals surface area contributed by atoms with Crippen LogP contribution in [0.4, 0.5) is 0 Å². The Balaban J connectivity index is 2.05. The molecule has 0 aliphatic carbocycles. The van der Waals surface area contributed by atoms with Crippen LogP contribution in [0.1, 0.15) is 31.7 Å². The molecule has 0 aromatic carbocycles. The van der Waals surface area contributed by atoms with Crippen LogP contribution in [0.3, 0.4) is 0 Å². The van der Waals surface area contributed by atoms with Gasteiger partial charge in [-0.05, 0) is 32.2 Å². The van der Waals surface area contributed by atoms with E-state index in [0.717, 1.165) is 0 Å². The summed E-state index contributed by atoms with van der Waals surface area (Å²) in [6.07, 6.45) is -0.636. The van der Waals surface area contributed by atoms with E-state index >= 15 is 0 Å². The lowest BCUT2D eigenvalue weighted by Crippen LogP contribution is -2.66. The zero-order chi connectivity index (χ0) is 15.8. The first-order valence-electron chi connectivity index (χ1n) is 6.71. The molecular weight excluding hydrogens is 292 g/mol. The Labute approximate surface area is 127 Å². The molecule has 1 fully saturated rings. The molecule has 21 heavy (non-hydrogen) atoms. The van der Waals surface area contributed by atoms with E-state index in [1.54, 1.807) is 37.8 Å². The summed E-state index contributed by atoms with van der Waals surface area (Å²) in [5.41, 5.74) is 5.43. The maximum Gasteiger partial charge on any atom is 0.326 e. The highest BCUT2D eigenvalue weighted by Crippen LogP contribution is 2.35. The zero-order valence-corrected chi connectivity index (χ0v) is 13.1. The number of aliphatic carboxylic acids is 1. The lowest BCUT2D eigenvalue weighted by atomic mass is 9.92. The van der Waals surface area contributed by atoms with Gasteiger partial charge in [-0.25, -0.2) is 0 Å². The van der Waals surface area contributed by atoms with Crippen molar-refractivity contribution in [3.63, 3.8) is 0 Å². The van der Waals surface area contributed by atoms with E-state index < -0.39 is 29.7 Å². The molecule has 0 unspecified atom stereocenters. The monoisotopic (exact) mass is 312 g/mol. The molecule has 7 heteroatoms. The van der Waals surface area contributed by atoms with Crippen molar-refractivity contribution in [2.24, 2.45) is 11.7 Å². The summed E-state index contributed by atoms with van der Waals surface area (Å²) >= 11 is 1.36. The molecule has 3 N–H and O–H groups in total. The molecule has 0 spiro atoms. The zero-order valence-electron chi connectivity index (χ0n) is 12.3. The van der Waals surface area contributed by atoms with Gasteiger partial charge in [0.15, 0.2) is 0 Å². The Bertz CT molecular complexity index is 524. The topological polar surface area (TPSA) is 92.9 Å². The Hall–Kier alpha value is -1.44. The molecule has 0 amide bonds. The second-order valence-corrected chi connectivity index (χ2v) is 7.06. The molecule has 0 saturated carbocycles. The van der Waals surface area contributed by atoms with Crippen molar-refractivity contribution < 1.29 is 19.4 Å². The normalized spacial score (nSPS) is 24.2. The Morgan fingerprint density at radius 2 is 2.19 bits per heavy atom. The predicted molar refractivity (Wildman–Crippen MR) is 78.7 cm³/mol. The standard InChI is InChI=1S/C14H20N2O4S/c1-14(2,3)20-13(19)8-7-16(11(8)15)10(12(17)18)9-5-4-6-21-9/h4-6,8,10-11H,7,15H2,1-3H3,(H,17,18)/t8-,10-,11+/m0/s1. The fraction of sp³-hybridized carbons (Fsp3) is 0.571. The van der Waals surface area contributed by atoms with Crippen LogP contribution in [0, 0.1) is 5.92 Å². The Morgan fingerprint density at radius 3 is 2.62 bits per heavy atom. The van der Waals surface area contributed by atoms with Crippen molar-refractivity contribution in [3.8, 4) is 0 Å². The van der Waals surface area contributed by atoms with E-state index in [1.807, 2.05) is 5.38 Å². The molecule has 2 heterocycles. The summed E-state index contributed by atoms with van der Waals surface area (Å²) in [5, 5.41) is 11.2. The van der Waals surface area contributed by atoms with Crippen molar-refractivity contribution in [1.29, 1.82) is 0 Å². The first-order chi connectivity index (χ1) is 9.70. The highest BCUT2D eigenvalue weighted by molar-refractivity contribution is 7.10. The molecule has 6 nitrogen and oxygen atoms in total. The average Bonchev–Trinajstić information content (AvgIpc) is 2.83. The molecule has 1 saturated heterocycles. The van der Waals surface area contributed by atoms with Gasteiger partial charge >= 0.3 is 11.9 Å². The van der Waals surface area contributed by atoms with Gasteiger partial charge in [-0.3, -0.25) is 14.5 Å². The van der Waals surface area contributed by atoms with Gasteiger partial charge in [0.25, 0.3) is 0 Å². The van der Waals surface area contributed by atoms with Crippen molar-refractivity contribution in [3.05, 3.63) is 22.4 Å². The van der Waals surface area contributed by atoms with Crippen LogP contribution in [-0.2, 0) is 14.3 Å². The molecule has 1 aliphatic heterocycles. The second-order valence-electron chi connectivity index (χ2n) is 6.08.